The number of hydrogen-bond donors (Lipinski definition) is 3. The molecule has 0 heterocycles. The van der Waals surface area contributed by atoms with Gasteiger partial charge in [0, 0.05) is 12.2 Å². The minimum atomic E-state index is -0.309. The van der Waals surface area contributed by atoms with E-state index in [-0.39, 0.29) is 18.3 Å². The molecule has 28 heavy (non-hydrogen) atoms. The van der Waals surface area contributed by atoms with Crippen LogP contribution in [0.2, 0.25) is 5.02 Å². The van der Waals surface area contributed by atoms with Gasteiger partial charge in [0.1, 0.15) is 0 Å². The predicted octanol–water partition coefficient (Wildman–Crippen LogP) is 3.18. The van der Waals surface area contributed by atoms with Crippen molar-refractivity contribution in [2.75, 3.05) is 25.6 Å². The summed E-state index contributed by atoms with van der Waals surface area (Å²) in [5.41, 5.74) is 4.05. The summed E-state index contributed by atoms with van der Waals surface area (Å²) >= 11 is 11.3. The Hall–Kier alpha value is -2.84. The van der Waals surface area contributed by atoms with E-state index in [1.54, 1.807) is 30.5 Å². The highest BCUT2D eigenvalue weighted by Crippen LogP contribution is 2.36. The molecule has 0 aliphatic rings. The van der Waals surface area contributed by atoms with E-state index in [0.717, 1.165) is 0 Å². The Kier molecular flexibility index (Phi) is 8.51. The van der Waals surface area contributed by atoms with Crippen LogP contribution in [0.15, 0.2) is 47.6 Å². The highest BCUT2D eigenvalue weighted by Gasteiger charge is 2.13. The van der Waals surface area contributed by atoms with Crippen LogP contribution in [0.5, 0.6) is 11.5 Å². The molecule has 2 aromatic carbocycles. The zero-order valence-corrected chi connectivity index (χ0v) is 17.1. The van der Waals surface area contributed by atoms with Gasteiger partial charge >= 0.3 is 0 Å². The summed E-state index contributed by atoms with van der Waals surface area (Å²) in [6, 6.07) is 12.4. The molecule has 7 nitrogen and oxygen atoms in total. The molecule has 148 valence electrons. The van der Waals surface area contributed by atoms with Crippen LogP contribution in [0.1, 0.15) is 12.5 Å². The molecule has 0 aliphatic carbocycles. The highest BCUT2D eigenvalue weighted by molar-refractivity contribution is 7.80. The Labute approximate surface area is 174 Å². The van der Waals surface area contributed by atoms with Gasteiger partial charge in [0.15, 0.2) is 23.2 Å². The summed E-state index contributed by atoms with van der Waals surface area (Å²) in [6.45, 7) is 2.42. The highest BCUT2D eigenvalue weighted by atomic mass is 35.5. The lowest BCUT2D eigenvalue weighted by Gasteiger charge is -2.13. The first-order chi connectivity index (χ1) is 13.5. The number of nitrogens with zero attached hydrogens (tertiary/aromatic N) is 1. The van der Waals surface area contributed by atoms with Crippen molar-refractivity contribution in [2.45, 2.75) is 6.92 Å². The molecule has 0 saturated carbocycles. The first-order valence-electron chi connectivity index (χ1n) is 8.45. The number of para-hydroxylation sites is 1. The number of methoxy groups -OCH3 is 1. The second-order valence-corrected chi connectivity index (χ2v) is 6.28. The molecule has 0 aromatic heterocycles. The zero-order valence-electron chi connectivity index (χ0n) is 15.5. The van der Waals surface area contributed by atoms with Crippen LogP contribution < -0.4 is 25.5 Å². The molecule has 3 N–H and O–H groups in total. The Balaban J connectivity index is 2.01. The van der Waals surface area contributed by atoms with Crippen molar-refractivity contribution in [2.24, 2.45) is 5.10 Å². The maximum absolute atomic E-state index is 12.1. The van der Waals surface area contributed by atoms with Crippen molar-refractivity contribution in [3.63, 3.8) is 0 Å². The van der Waals surface area contributed by atoms with Crippen LogP contribution in [0.4, 0.5) is 5.69 Å². The fraction of sp³-hybridized carbons (Fsp3) is 0.211. The maximum atomic E-state index is 12.1. The second kappa shape index (κ2) is 11.1. The van der Waals surface area contributed by atoms with E-state index in [4.69, 9.17) is 33.3 Å². The Morgan fingerprint density at radius 2 is 2.04 bits per heavy atom. The van der Waals surface area contributed by atoms with Crippen LogP contribution in [0.25, 0.3) is 0 Å². The number of benzene rings is 2. The molecule has 1 amide bonds. The first kappa shape index (κ1) is 21.5. The fourth-order valence-electron chi connectivity index (χ4n) is 2.18. The van der Waals surface area contributed by atoms with Crippen LogP contribution >= 0.6 is 23.8 Å². The van der Waals surface area contributed by atoms with Crippen molar-refractivity contribution >= 4 is 46.7 Å². The Morgan fingerprint density at radius 1 is 1.29 bits per heavy atom. The summed E-state index contributed by atoms with van der Waals surface area (Å²) < 4.78 is 10.9. The van der Waals surface area contributed by atoms with Crippen LogP contribution in [0, 0.1) is 0 Å². The first-order valence-corrected chi connectivity index (χ1v) is 9.24. The molecule has 0 spiro atoms. The number of thiocarbonyl (C=S) groups is 1. The molecular weight excluding hydrogens is 400 g/mol. The Bertz CT molecular complexity index is 847. The van der Waals surface area contributed by atoms with Gasteiger partial charge in [-0.1, -0.05) is 29.8 Å². The van der Waals surface area contributed by atoms with E-state index in [0.29, 0.717) is 33.7 Å². The lowest BCUT2D eigenvalue weighted by Crippen LogP contribution is -2.31. The number of carbonyl (C=O) groups is 1. The normalized spacial score (nSPS) is 10.4. The van der Waals surface area contributed by atoms with E-state index in [2.05, 4.69) is 21.2 Å². The van der Waals surface area contributed by atoms with E-state index < -0.39 is 0 Å². The van der Waals surface area contributed by atoms with Gasteiger partial charge in [-0.05, 0) is 49.0 Å². The fourth-order valence-corrected chi connectivity index (χ4v) is 2.65. The van der Waals surface area contributed by atoms with Crippen molar-refractivity contribution in [3.05, 3.63) is 53.1 Å². The molecule has 0 radical (unpaired) electrons. The van der Waals surface area contributed by atoms with Crippen LogP contribution in [0.3, 0.4) is 0 Å². The van der Waals surface area contributed by atoms with Crippen LogP contribution in [-0.2, 0) is 4.79 Å². The average molecular weight is 421 g/mol. The predicted molar refractivity (Wildman–Crippen MR) is 116 cm³/mol. The third-order valence-corrected chi connectivity index (χ3v) is 3.89. The van der Waals surface area contributed by atoms with Gasteiger partial charge in [-0.3, -0.25) is 10.2 Å². The topological polar surface area (TPSA) is 84.0 Å². The molecule has 2 rings (SSSR count). The van der Waals surface area contributed by atoms with E-state index in [9.17, 15) is 4.79 Å². The summed E-state index contributed by atoms with van der Waals surface area (Å²) in [6.07, 6.45) is 1.55. The number of ether oxygens (including phenoxy) is 2. The molecule has 2 aromatic rings. The van der Waals surface area contributed by atoms with Crippen molar-refractivity contribution in [1.29, 1.82) is 0 Å². The number of hydrogen-bond acceptors (Lipinski definition) is 5. The van der Waals surface area contributed by atoms with Crippen molar-refractivity contribution in [1.82, 2.24) is 10.7 Å². The summed E-state index contributed by atoms with van der Waals surface area (Å²) in [5, 5.41) is 10.4. The third-order valence-electron chi connectivity index (χ3n) is 3.37. The lowest BCUT2D eigenvalue weighted by atomic mass is 10.2. The van der Waals surface area contributed by atoms with Gasteiger partial charge in [-0.25, -0.2) is 0 Å². The minimum Gasteiger partial charge on any atom is -0.493 e. The van der Waals surface area contributed by atoms with Crippen molar-refractivity contribution in [3.8, 4) is 11.5 Å². The third kappa shape index (κ3) is 6.71. The number of anilines is 1. The second-order valence-electron chi connectivity index (χ2n) is 5.47. The quantitative estimate of drug-likeness (QED) is 0.345. The molecule has 0 atom stereocenters. The number of rotatable bonds is 8. The molecule has 0 saturated heterocycles. The Morgan fingerprint density at radius 3 is 2.71 bits per heavy atom. The smallest absolute Gasteiger partial charge is 0.262 e. The molecule has 0 unspecified atom stereocenters. The van der Waals surface area contributed by atoms with E-state index in [1.807, 2.05) is 25.1 Å². The van der Waals surface area contributed by atoms with Crippen LogP contribution in [-0.4, -0.2) is 37.5 Å². The monoisotopic (exact) mass is 420 g/mol. The molecule has 0 fully saturated rings. The molecule has 0 bridgehead atoms. The number of nitrogens with one attached hydrogen (secondary N) is 3. The van der Waals surface area contributed by atoms with Gasteiger partial charge in [-0.15, -0.1) is 0 Å². The van der Waals surface area contributed by atoms with Gasteiger partial charge < -0.3 is 20.1 Å². The SMILES string of the molecule is CCNC(=S)NN=Cc1cc(Cl)c(OCC(=O)Nc2ccccc2)c(OC)c1. The zero-order chi connectivity index (χ0) is 20.4. The lowest BCUT2D eigenvalue weighted by molar-refractivity contribution is -0.118. The number of carbonyl (C=O) groups excluding carboxylic acids is 1. The van der Waals surface area contributed by atoms with Gasteiger partial charge in [-0.2, -0.15) is 5.10 Å². The summed E-state index contributed by atoms with van der Waals surface area (Å²) in [7, 11) is 1.49. The molecular formula is C19H21ClN4O3S. The molecule has 9 heteroatoms. The number of amides is 1. The standard InChI is InChI=1S/C19H21ClN4O3S/c1-3-21-19(28)24-22-11-13-9-15(20)18(16(10-13)26-2)27-12-17(25)23-14-7-5-4-6-8-14/h4-11H,3,12H2,1-2H3,(H,23,25)(H2,21,24,28). The molecule has 0 aliphatic heterocycles. The largest absolute Gasteiger partial charge is 0.493 e. The van der Waals surface area contributed by atoms with E-state index in [1.165, 1.54) is 7.11 Å². The maximum Gasteiger partial charge on any atom is 0.262 e. The van der Waals surface area contributed by atoms with Gasteiger partial charge in [0.2, 0.25) is 0 Å². The summed E-state index contributed by atoms with van der Waals surface area (Å²) in [5.74, 6) is 0.354. The number of hydrazone groups is 1. The number of halogens is 1. The van der Waals surface area contributed by atoms with E-state index >= 15 is 0 Å². The van der Waals surface area contributed by atoms with Gasteiger partial charge in [0.05, 0.1) is 18.3 Å². The summed E-state index contributed by atoms with van der Waals surface area (Å²) in [4.78, 5) is 12.1. The van der Waals surface area contributed by atoms with Gasteiger partial charge in [0.25, 0.3) is 5.91 Å². The van der Waals surface area contributed by atoms with Crippen molar-refractivity contribution < 1.29 is 14.3 Å². The average Bonchev–Trinajstić information content (AvgIpc) is 2.67. The minimum absolute atomic E-state index is 0.211.